The molecule has 0 radical (unpaired) electrons. The van der Waals surface area contributed by atoms with Crippen molar-refractivity contribution >= 4 is 10.9 Å². The lowest BCUT2D eigenvalue weighted by Crippen LogP contribution is -2.30. The highest BCUT2D eigenvalue weighted by Crippen LogP contribution is 2.49. The third kappa shape index (κ3) is 4.02. The Balaban J connectivity index is 1.60. The summed E-state index contributed by atoms with van der Waals surface area (Å²) in [6, 6.07) is 32.8. The second-order valence-corrected chi connectivity index (χ2v) is 9.33. The van der Waals surface area contributed by atoms with Crippen LogP contribution in [-0.4, -0.2) is 14.9 Å². The molecule has 0 aliphatic heterocycles. The van der Waals surface area contributed by atoms with E-state index in [2.05, 4.69) is 49.3 Å². The molecule has 1 aromatic heterocycles. The zero-order chi connectivity index (χ0) is 23.7. The van der Waals surface area contributed by atoms with Gasteiger partial charge in [0.2, 0.25) is 0 Å². The van der Waals surface area contributed by atoms with Crippen molar-refractivity contribution in [1.29, 1.82) is 0 Å². The van der Waals surface area contributed by atoms with Crippen LogP contribution in [0.25, 0.3) is 16.6 Å². The standard InChI is InChI=1S/C30H27FN2O/c1-30(2,29(34)22-11-7-4-8-12-22)28(21-9-5-3-6-10-21)23-13-18-27-24(19-23)20-32-33(27)26-16-14-25(31)15-17-26/h3-20,28-29,34H,1-2H3. The van der Waals surface area contributed by atoms with E-state index in [-0.39, 0.29) is 11.7 Å². The number of halogens is 1. The van der Waals surface area contributed by atoms with Crippen LogP contribution in [0.1, 0.15) is 42.6 Å². The molecule has 0 aliphatic rings. The van der Waals surface area contributed by atoms with Gasteiger partial charge in [-0.15, -0.1) is 0 Å². The minimum atomic E-state index is -0.656. The van der Waals surface area contributed by atoms with Gasteiger partial charge in [-0.25, -0.2) is 9.07 Å². The number of aromatic nitrogens is 2. The number of fused-ring (bicyclic) bond motifs is 1. The predicted octanol–water partition coefficient (Wildman–Crippen LogP) is 7.06. The van der Waals surface area contributed by atoms with E-state index >= 15 is 0 Å². The summed E-state index contributed by atoms with van der Waals surface area (Å²) in [7, 11) is 0. The van der Waals surface area contributed by atoms with Crippen molar-refractivity contribution in [3.63, 3.8) is 0 Å². The molecule has 1 N–H and O–H groups in total. The van der Waals surface area contributed by atoms with E-state index in [1.54, 1.807) is 12.1 Å². The molecule has 0 saturated heterocycles. The maximum Gasteiger partial charge on any atom is 0.123 e. The molecule has 2 unspecified atom stereocenters. The highest BCUT2D eigenvalue weighted by atomic mass is 19.1. The minimum absolute atomic E-state index is 0.0533. The van der Waals surface area contributed by atoms with E-state index in [9.17, 15) is 9.50 Å². The minimum Gasteiger partial charge on any atom is -0.388 e. The van der Waals surface area contributed by atoms with Crippen molar-refractivity contribution in [3.8, 4) is 5.69 Å². The Kier molecular flexibility index (Phi) is 5.76. The number of benzene rings is 4. The van der Waals surface area contributed by atoms with Crippen molar-refractivity contribution in [2.24, 2.45) is 5.41 Å². The van der Waals surface area contributed by atoms with E-state index in [1.807, 2.05) is 59.4 Å². The van der Waals surface area contributed by atoms with E-state index in [1.165, 1.54) is 12.1 Å². The molecule has 5 rings (SSSR count). The topological polar surface area (TPSA) is 38.1 Å². The summed E-state index contributed by atoms with van der Waals surface area (Å²) in [6.45, 7) is 4.24. The Labute approximate surface area is 199 Å². The molecule has 0 fully saturated rings. The maximum absolute atomic E-state index is 13.4. The van der Waals surface area contributed by atoms with Crippen LogP contribution in [0.2, 0.25) is 0 Å². The average molecular weight is 451 g/mol. The highest BCUT2D eigenvalue weighted by molar-refractivity contribution is 5.81. The van der Waals surface area contributed by atoms with Gasteiger partial charge in [0, 0.05) is 16.7 Å². The number of hydrogen-bond acceptors (Lipinski definition) is 2. The maximum atomic E-state index is 13.4. The van der Waals surface area contributed by atoms with Gasteiger partial charge in [0.1, 0.15) is 5.82 Å². The number of rotatable bonds is 6. The Bertz CT molecular complexity index is 1390. The van der Waals surface area contributed by atoms with Crippen LogP contribution >= 0.6 is 0 Å². The van der Waals surface area contributed by atoms with Gasteiger partial charge in [0.15, 0.2) is 0 Å². The summed E-state index contributed by atoms with van der Waals surface area (Å²) in [5.74, 6) is -0.324. The first kappa shape index (κ1) is 22.1. The van der Waals surface area contributed by atoms with Crippen LogP contribution in [0.15, 0.2) is 109 Å². The molecule has 0 aliphatic carbocycles. The van der Waals surface area contributed by atoms with Gasteiger partial charge in [0.05, 0.1) is 23.5 Å². The van der Waals surface area contributed by atoms with Gasteiger partial charge in [-0.2, -0.15) is 5.10 Å². The molecule has 0 saturated carbocycles. The molecule has 3 nitrogen and oxygen atoms in total. The van der Waals surface area contributed by atoms with E-state index in [0.29, 0.717) is 0 Å². The van der Waals surface area contributed by atoms with E-state index < -0.39 is 11.5 Å². The Morgan fingerprint density at radius 3 is 2.03 bits per heavy atom. The first-order chi connectivity index (χ1) is 16.4. The normalized spacial score (nSPS) is 13.6. The van der Waals surface area contributed by atoms with Crippen molar-refractivity contribution in [1.82, 2.24) is 9.78 Å². The van der Waals surface area contributed by atoms with Crippen LogP contribution in [0.3, 0.4) is 0 Å². The van der Waals surface area contributed by atoms with E-state index in [4.69, 9.17) is 0 Å². The number of aliphatic hydroxyl groups excluding tert-OH is 1. The molecule has 0 spiro atoms. The molecule has 0 bridgehead atoms. The van der Waals surface area contributed by atoms with Crippen LogP contribution in [-0.2, 0) is 0 Å². The summed E-state index contributed by atoms with van der Waals surface area (Å²) < 4.78 is 15.2. The summed E-state index contributed by atoms with van der Waals surface area (Å²) in [6.07, 6.45) is 1.18. The lowest BCUT2D eigenvalue weighted by Gasteiger charge is -2.39. The van der Waals surface area contributed by atoms with Gasteiger partial charge in [-0.1, -0.05) is 80.6 Å². The van der Waals surface area contributed by atoms with Crippen LogP contribution in [0, 0.1) is 11.2 Å². The first-order valence-electron chi connectivity index (χ1n) is 11.5. The Morgan fingerprint density at radius 1 is 0.765 bits per heavy atom. The fourth-order valence-corrected chi connectivity index (χ4v) is 4.94. The van der Waals surface area contributed by atoms with E-state index in [0.717, 1.165) is 33.3 Å². The smallest absolute Gasteiger partial charge is 0.123 e. The summed E-state index contributed by atoms with van der Waals surface area (Å²) in [5.41, 5.74) is 4.42. The molecule has 34 heavy (non-hydrogen) atoms. The van der Waals surface area contributed by atoms with Crippen LogP contribution in [0.4, 0.5) is 4.39 Å². The number of hydrogen-bond donors (Lipinski definition) is 1. The fourth-order valence-electron chi connectivity index (χ4n) is 4.94. The quantitative estimate of drug-likeness (QED) is 0.301. The van der Waals surface area contributed by atoms with Gasteiger partial charge < -0.3 is 5.11 Å². The fraction of sp³-hybridized carbons (Fsp3) is 0.167. The molecule has 5 aromatic rings. The second kappa shape index (κ2) is 8.88. The highest BCUT2D eigenvalue weighted by Gasteiger charge is 2.39. The SMILES string of the molecule is CC(C)(C(O)c1ccccc1)C(c1ccccc1)c1ccc2c(cnn2-c2ccc(F)cc2)c1. The lowest BCUT2D eigenvalue weighted by atomic mass is 9.66. The predicted molar refractivity (Wildman–Crippen MR) is 134 cm³/mol. The zero-order valence-electron chi connectivity index (χ0n) is 19.3. The largest absolute Gasteiger partial charge is 0.388 e. The van der Waals surface area contributed by atoms with Crippen molar-refractivity contribution in [2.75, 3.05) is 0 Å². The summed E-state index contributed by atoms with van der Waals surface area (Å²) in [4.78, 5) is 0. The molecular formula is C30H27FN2O. The average Bonchev–Trinajstić information content (AvgIpc) is 3.28. The third-order valence-electron chi connectivity index (χ3n) is 6.69. The summed E-state index contributed by atoms with van der Waals surface area (Å²) >= 11 is 0. The molecule has 4 heteroatoms. The zero-order valence-corrected chi connectivity index (χ0v) is 19.3. The molecule has 1 heterocycles. The van der Waals surface area contributed by atoms with Gasteiger partial charge in [-0.3, -0.25) is 0 Å². The molecule has 170 valence electrons. The van der Waals surface area contributed by atoms with Crippen LogP contribution in [0.5, 0.6) is 0 Å². The third-order valence-corrected chi connectivity index (χ3v) is 6.69. The molecule has 2 atom stereocenters. The number of aliphatic hydroxyl groups is 1. The Morgan fingerprint density at radius 2 is 1.38 bits per heavy atom. The summed E-state index contributed by atoms with van der Waals surface area (Å²) in [5, 5.41) is 17.0. The molecular weight excluding hydrogens is 423 g/mol. The monoisotopic (exact) mass is 450 g/mol. The van der Waals surface area contributed by atoms with Gasteiger partial charge in [-0.05, 0) is 53.1 Å². The number of nitrogens with zero attached hydrogens (tertiary/aromatic N) is 2. The second-order valence-electron chi connectivity index (χ2n) is 9.33. The molecule has 4 aromatic carbocycles. The Hall–Kier alpha value is -3.76. The molecule has 0 amide bonds. The van der Waals surface area contributed by atoms with Crippen molar-refractivity contribution in [2.45, 2.75) is 25.9 Å². The van der Waals surface area contributed by atoms with Gasteiger partial charge >= 0.3 is 0 Å². The van der Waals surface area contributed by atoms with Crippen molar-refractivity contribution in [3.05, 3.63) is 132 Å². The van der Waals surface area contributed by atoms with Crippen molar-refractivity contribution < 1.29 is 9.50 Å². The van der Waals surface area contributed by atoms with Crippen LogP contribution < -0.4 is 0 Å². The first-order valence-corrected chi connectivity index (χ1v) is 11.5. The van der Waals surface area contributed by atoms with Gasteiger partial charge in [0.25, 0.3) is 0 Å². The lowest BCUT2D eigenvalue weighted by molar-refractivity contribution is 0.0373.